The molecule has 0 saturated carbocycles. The van der Waals surface area contributed by atoms with E-state index in [0.717, 1.165) is 61.0 Å². The summed E-state index contributed by atoms with van der Waals surface area (Å²) >= 11 is 0. The lowest BCUT2D eigenvalue weighted by atomic mass is 10.0. The minimum absolute atomic E-state index is 0.0892. The first-order chi connectivity index (χ1) is 18.9. The molecule has 1 saturated heterocycles. The van der Waals surface area contributed by atoms with Crippen LogP contribution in [0.3, 0.4) is 0 Å². The number of fused-ring (bicyclic) bond motifs is 2. The van der Waals surface area contributed by atoms with Gasteiger partial charge in [0.1, 0.15) is 5.69 Å². The van der Waals surface area contributed by atoms with Gasteiger partial charge in [0.15, 0.2) is 0 Å². The van der Waals surface area contributed by atoms with Crippen LogP contribution >= 0.6 is 0 Å². The van der Waals surface area contributed by atoms with Crippen molar-refractivity contribution >= 4 is 21.8 Å². The van der Waals surface area contributed by atoms with E-state index >= 15 is 0 Å². The maximum absolute atomic E-state index is 13.7. The number of pyridine rings is 3. The number of alkyl halides is 2. The van der Waals surface area contributed by atoms with Crippen LogP contribution < -0.4 is 0 Å². The van der Waals surface area contributed by atoms with Crippen LogP contribution in [0, 0.1) is 0 Å². The first-order valence-corrected chi connectivity index (χ1v) is 12.8. The Labute approximate surface area is 223 Å². The number of likely N-dealkylation sites (tertiary alicyclic amines) is 1. The molecule has 194 valence electrons. The molecule has 0 aliphatic carbocycles. The highest BCUT2D eigenvalue weighted by atomic mass is 19.3. The number of aromatic amines is 1. The van der Waals surface area contributed by atoms with E-state index in [2.05, 4.69) is 38.1 Å². The van der Waals surface area contributed by atoms with E-state index in [1.165, 1.54) is 0 Å². The van der Waals surface area contributed by atoms with Gasteiger partial charge in [0, 0.05) is 85.0 Å². The molecule has 0 atom stereocenters. The number of nitrogens with one attached hydrogen (secondary N) is 1. The maximum Gasteiger partial charge on any atom is 0.261 e. The van der Waals surface area contributed by atoms with Gasteiger partial charge in [-0.1, -0.05) is 12.1 Å². The summed E-state index contributed by atoms with van der Waals surface area (Å²) in [6.07, 6.45) is 10.8. The Kier molecular flexibility index (Phi) is 5.48. The van der Waals surface area contributed by atoms with Crippen molar-refractivity contribution in [1.82, 2.24) is 34.6 Å². The standard InChI is InChI=1S/C30H25F2N7/c1-38-28-5-4-20(22-9-19(12-34-14-22)17-39-8-6-30(31,32)18-39)10-24(28)29(37-38)26-11-23-25(15-35-16-27(23)36-26)21-3-2-7-33-13-21/h2-5,7,9-16,36H,6,8,17-18H2,1H3. The fourth-order valence-corrected chi connectivity index (χ4v) is 5.51. The second-order valence-corrected chi connectivity index (χ2v) is 10.2. The fourth-order valence-electron chi connectivity index (χ4n) is 5.51. The predicted molar refractivity (Wildman–Crippen MR) is 147 cm³/mol. The zero-order valence-electron chi connectivity index (χ0n) is 21.3. The minimum atomic E-state index is -2.61. The smallest absolute Gasteiger partial charge is 0.261 e. The van der Waals surface area contributed by atoms with Gasteiger partial charge < -0.3 is 4.98 Å². The average molecular weight is 522 g/mol. The van der Waals surface area contributed by atoms with Crippen molar-refractivity contribution in [2.75, 3.05) is 13.1 Å². The molecule has 1 aliphatic heterocycles. The highest BCUT2D eigenvalue weighted by Crippen LogP contribution is 2.35. The summed E-state index contributed by atoms with van der Waals surface area (Å²) < 4.78 is 29.2. The van der Waals surface area contributed by atoms with Crippen LogP contribution in [-0.4, -0.2) is 53.6 Å². The van der Waals surface area contributed by atoms with Gasteiger partial charge in [-0.05, 0) is 41.5 Å². The van der Waals surface area contributed by atoms with Crippen LogP contribution in [0.1, 0.15) is 12.0 Å². The Morgan fingerprint density at radius 2 is 1.77 bits per heavy atom. The van der Waals surface area contributed by atoms with E-state index in [0.29, 0.717) is 13.1 Å². The molecule has 0 spiro atoms. The summed E-state index contributed by atoms with van der Waals surface area (Å²) in [6, 6.07) is 14.3. The minimum Gasteiger partial charge on any atom is -0.352 e. The summed E-state index contributed by atoms with van der Waals surface area (Å²) in [6.45, 7) is 0.648. The van der Waals surface area contributed by atoms with Gasteiger partial charge in [0.05, 0.1) is 29.5 Å². The molecule has 5 aromatic heterocycles. The molecule has 0 amide bonds. The summed E-state index contributed by atoms with van der Waals surface area (Å²) in [5, 5.41) is 6.90. The summed E-state index contributed by atoms with van der Waals surface area (Å²) in [4.78, 5) is 18.4. The number of hydrogen-bond donors (Lipinski definition) is 1. The molecule has 1 fully saturated rings. The lowest BCUT2D eigenvalue weighted by Gasteiger charge is -2.15. The number of rotatable bonds is 5. The van der Waals surface area contributed by atoms with Gasteiger partial charge >= 0.3 is 0 Å². The number of aromatic nitrogens is 6. The van der Waals surface area contributed by atoms with Crippen LogP contribution in [0.2, 0.25) is 0 Å². The topological polar surface area (TPSA) is 75.5 Å². The molecular formula is C30H25F2N7. The van der Waals surface area contributed by atoms with Gasteiger partial charge in [-0.3, -0.25) is 24.5 Å². The molecule has 1 aliphatic rings. The van der Waals surface area contributed by atoms with Gasteiger partial charge in [-0.25, -0.2) is 8.78 Å². The van der Waals surface area contributed by atoms with Crippen molar-refractivity contribution in [3.63, 3.8) is 0 Å². The maximum atomic E-state index is 13.7. The van der Waals surface area contributed by atoms with Gasteiger partial charge in [0.2, 0.25) is 0 Å². The Morgan fingerprint density at radius 3 is 2.59 bits per heavy atom. The largest absolute Gasteiger partial charge is 0.352 e. The number of benzene rings is 1. The molecule has 1 N–H and O–H groups in total. The second-order valence-electron chi connectivity index (χ2n) is 10.2. The average Bonchev–Trinajstić information content (AvgIpc) is 3.63. The zero-order chi connectivity index (χ0) is 26.6. The molecule has 7 rings (SSSR count). The number of H-pyrrole nitrogens is 1. The monoisotopic (exact) mass is 521 g/mol. The third kappa shape index (κ3) is 4.34. The fraction of sp³-hybridized carbons (Fsp3) is 0.200. The summed E-state index contributed by atoms with van der Waals surface area (Å²) in [7, 11) is 1.94. The Balaban J connectivity index is 1.27. The van der Waals surface area contributed by atoms with Gasteiger partial charge in [-0.2, -0.15) is 5.10 Å². The number of aryl methyl sites for hydroxylation is 1. The lowest BCUT2D eigenvalue weighted by Crippen LogP contribution is -2.24. The highest BCUT2D eigenvalue weighted by molar-refractivity contribution is 6.01. The Morgan fingerprint density at radius 1 is 0.897 bits per heavy atom. The van der Waals surface area contributed by atoms with Crippen molar-refractivity contribution in [3.05, 3.63) is 85.2 Å². The van der Waals surface area contributed by atoms with E-state index in [1.54, 1.807) is 17.3 Å². The molecule has 1 aromatic carbocycles. The van der Waals surface area contributed by atoms with E-state index in [9.17, 15) is 8.78 Å². The van der Waals surface area contributed by atoms with E-state index < -0.39 is 5.92 Å². The summed E-state index contributed by atoms with van der Waals surface area (Å²) in [5.74, 6) is -2.61. The first-order valence-electron chi connectivity index (χ1n) is 12.8. The second kappa shape index (κ2) is 9.06. The van der Waals surface area contributed by atoms with Crippen LogP contribution in [0.4, 0.5) is 8.78 Å². The third-order valence-electron chi connectivity index (χ3n) is 7.41. The van der Waals surface area contributed by atoms with Crippen molar-refractivity contribution in [3.8, 4) is 33.6 Å². The SMILES string of the molecule is Cn1nc(-c2cc3c(-c4cccnc4)cncc3[nH]2)c2cc(-c3cncc(CN4CCC(F)(F)C4)c3)ccc21. The summed E-state index contributed by atoms with van der Waals surface area (Å²) in [5.41, 5.74) is 8.51. The van der Waals surface area contributed by atoms with Crippen LogP contribution in [0.15, 0.2) is 79.6 Å². The van der Waals surface area contributed by atoms with E-state index in [-0.39, 0.29) is 13.0 Å². The van der Waals surface area contributed by atoms with Crippen LogP contribution in [0.25, 0.3) is 55.4 Å². The normalized spacial score (nSPS) is 15.5. The quantitative estimate of drug-likeness (QED) is 0.298. The van der Waals surface area contributed by atoms with Crippen molar-refractivity contribution in [1.29, 1.82) is 0 Å². The zero-order valence-corrected chi connectivity index (χ0v) is 21.3. The molecule has 9 heteroatoms. The molecular weight excluding hydrogens is 496 g/mol. The van der Waals surface area contributed by atoms with Crippen molar-refractivity contribution in [2.24, 2.45) is 7.05 Å². The Hall–Kier alpha value is -4.50. The molecule has 0 bridgehead atoms. The predicted octanol–water partition coefficient (Wildman–Crippen LogP) is 6.08. The molecule has 7 nitrogen and oxygen atoms in total. The molecule has 6 heterocycles. The van der Waals surface area contributed by atoms with E-state index in [1.807, 2.05) is 60.8 Å². The molecule has 0 unspecified atom stereocenters. The van der Waals surface area contributed by atoms with Crippen LogP contribution in [0.5, 0.6) is 0 Å². The van der Waals surface area contributed by atoms with Gasteiger partial charge in [0.25, 0.3) is 5.92 Å². The van der Waals surface area contributed by atoms with Gasteiger partial charge in [-0.15, -0.1) is 0 Å². The molecule has 6 aromatic rings. The van der Waals surface area contributed by atoms with Crippen molar-refractivity contribution < 1.29 is 8.78 Å². The Bertz CT molecular complexity index is 1820. The number of halogens is 2. The van der Waals surface area contributed by atoms with E-state index in [4.69, 9.17) is 5.10 Å². The lowest BCUT2D eigenvalue weighted by molar-refractivity contribution is 0.0115. The first kappa shape index (κ1) is 23.6. The molecule has 0 radical (unpaired) electrons. The van der Waals surface area contributed by atoms with Crippen LogP contribution in [-0.2, 0) is 13.6 Å². The highest BCUT2D eigenvalue weighted by Gasteiger charge is 2.37. The molecule has 39 heavy (non-hydrogen) atoms. The van der Waals surface area contributed by atoms with Crippen molar-refractivity contribution in [2.45, 2.75) is 18.9 Å². The third-order valence-corrected chi connectivity index (χ3v) is 7.41. The number of nitrogens with zero attached hydrogens (tertiary/aromatic N) is 6. The number of hydrogen-bond acceptors (Lipinski definition) is 5.